The molecule has 5 heteroatoms. The second-order valence-electron chi connectivity index (χ2n) is 6.09. The van der Waals surface area contributed by atoms with E-state index >= 15 is 0 Å². The molecule has 0 saturated heterocycles. The Bertz CT molecular complexity index is 1010. The molecule has 0 unspecified atom stereocenters. The fourth-order valence-corrected chi connectivity index (χ4v) is 3.01. The molecule has 3 aromatic rings. The molecule has 0 amide bonds. The molecule has 27 heavy (non-hydrogen) atoms. The zero-order valence-electron chi connectivity index (χ0n) is 15.7. The summed E-state index contributed by atoms with van der Waals surface area (Å²) in [6, 6.07) is 8.01. The number of fused-ring (bicyclic) bond motifs is 1. The van der Waals surface area contributed by atoms with Crippen LogP contribution in [0.1, 0.15) is 19.5 Å². The fraction of sp³-hybridized carbons (Fsp3) is 0.182. The predicted octanol–water partition coefficient (Wildman–Crippen LogP) is 4.84. The lowest BCUT2D eigenvalue weighted by Crippen LogP contribution is -1.99. The van der Waals surface area contributed by atoms with Gasteiger partial charge in [0.2, 0.25) is 0 Å². The second-order valence-corrected chi connectivity index (χ2v) is 6.09. The summed E-state index contributed by atoms with van der Waals surface area (Å²) in [7, 11) is 0. The van der Waals surface area contributed by atoms with E-state index in [1.807, 2.05) is 43.4 Å². The molecule has 2 heterocycles. The molecular formula is C22H24N4O. The lowest BCUT2D eigenvalue weighted by Gasteiger charge is -2.10. The van der Waals surface area contributed by atoms with Crippen molar-refractivity contribution in [3.8, 4) is 16.9 Å². The molecule has 0 atom stereocenters. The van der Waals surface area contributed by atoms with Gasteiger partial charge in [-0.15, -0.1) is 0 Å². The van der Waals surface area contributed by atoms with E-state index in [4.69, 9.17) is 10.5 Å². The normalized spacial score (nSPS) is 12.0. The van der Waals surface area contributed by atoms with Gasteiger partial charge >= 0.3 is 0 Å². The molecule has 0 aliphatic carbocycles. The standard InChI is InChI=1S/C22H24N4O/c1-4-7-9-15(5-2)13-27-17-11-8-10-16(12-17)19-18(6-3)26-22-20(19)21(23)24-14-25-22/h4-5,7-12,14H,1,6,13H2,2-3H3,(H3,23,24,25,26)/b9-7-,15-5+. The zero-order valence-corrected chi connectivity index (χ0v) is 15.7. The highest BCUT2D eigenvalue weighted by molar-refractivity contribution is 6.01. The SMILES string of the molecule is C=C/C=C\C(=C/C)COc1cccc(-c2c(CC)[nH]c3ncnc(N)c23)c1. The van der Waals surface area contributed by atoms with Gasteiger partial charge in [-0.2, -0.15) is 0 Å². The van der Waals surface area contributed by atoms with Crippen LogP contribution in [0.4, 0.5) is 5.82 Å². The molecule has 0 aliphatic rings. The molecule has 2 aromatic heterocycles. The van der Waals surface area contributed by atoms with Gasteiger partial charge < -0.3 is 15.5 Å². The fourth-order valence-electron chi connectivity index (χ4n) is 3.01. The van der Waals surface area contributed by atoms with E-state index in [0.29, 0.717) is 12.4 Å². The third-order valence-corrected chi connectivity index (χ3v) is 4.40. The van der Waals surface area contributed by atoms with Crippen LogP contribution in [-0.2, 0) is 6.42 Å². The Labute approximate surface area is 159 Å². The Balaban J connectivity index is 1.96. The zero-order chi connectivity index (χ0) is 19.2. The molecule has 5 nitrogen and oxygen atoms in total. The van der Waals surface area contributed by atoms with Crippen LogP contribution in [0.5, 0.6) is 5.75 Å². The van der Waals surface area contributed by atoms with Crippen LogP contribution < -0.4 is 10.5 Å². The van der Waals surface area contributed by atoms with E-state index in [1.165, 1.54) is 6.33 Å². The molecular weight excluding hydrogens is 336 g/mol. The van der Waals surface area contributed by atoms with Gasteiger partial charge in [0.05, 0.1) is 5.39 Å². The first-order chi connectivity index (χ1) is 13.2. The van der Waals surface area contributed by atoms with E-state index in [-0.39, 0.29) is 0 Å². The number of nitrogens with zero attached hydrogens (tertiary/aromatic N) is 2. The molecule has 3 N–H and O–H groups in total. The molecule has 0 saturated carbocycles. The lowest BCUT2D eigenvalue weighted by molar-refractivity contribution is 0.355. The van der Waals surface area contributed by atoms with Crippen LogP contribution in [0.2, 0.25) is 0 Å². The number of hydrogen-bond donors (Lipinski definition) is 2. The first-order valence-electron chi connectivity index (χ1n) is 8.96. The Morgan fingerprint density at radius 1 is 1.33 bits per heavy atom. The van der Waals surface area contributed by atoms with Crippen molar-refractivity contribution in [3.05, 3.63) is 72.7 Å². The minimum absolute atomic E-state index is 0.475. The molecule has 3 rings (SSSR count). The van der Waals surface area contributed by atoms with E-state index in [2.05, 4.69) is 34.5 Å². The summed E-state index contributed by atoms with van der Waals surface area (Å²) in [5.74, 6) is 1.27. The third kappa shape index (κ3) is 3.92. The minimum Gasteiger partial charge on any atom is -0.489 e. The van der Waals surface area contributed by atoms with Gasteiger partial charge in [0.15, 0.2) is 0 Å². The Kier molecular flexibility index (Phi) is 5.71. The number of aromatic nitrogens is 3. The number of allylic oxidation sites excluding steroid dienone is 3. The first-order valence-corrected chi connectivity index (χ1v) is 8.96. The Morgan fingerprint density at radius 3 is 2.93 bits per heavy atom. The van der Waals surface area contributed by atoms with Crippen molar-refractivity contribution in [1.29, 1.82) is 0 Å². The summed E-state index contributed by atoms with van der Waals surface area (Å²) in [4.78, 5) is 11.8. The maximum atomic E-state index is 6.14. The van der Waals surface area contributed by atoms with Crippen molar-refractivity contribution in [2.24, 2.45) is 0 Å². The maximum absolute atomic E-state index is 6.14. The summed E-state index contributed by atoms with van der Waals surface area (Å²) in [5, 5.41) is 0.856. The summed E-state index contributed by atoms with van der Waals surface area (Å²) in [5.41, 5.74) is 11.1. The minimum atomic E-state index is 0.475. The number of H-pyrrole nitrogens is 1. The van der Waals surface area contributed by atoms with Crippen LogP contribution in [0, 0.1) is 0 Å². The summed E-state index contributed by atoms with van der Waals surface area (Å²) in [6.45, 7) is 8.28. The Morgan fingerprint density at radius 2 is 2.19 bits per heavy atom. The van der Waals surface area contributed by atoms with E-state index in [9.17, 15) is 0 Å². The topological polar surface area (TPSA) is 76.8 Å². The monoisotopic (exact) mass is 360 g/mol. The number of aryl methyl sites for hydroxylation is 1. The molecule has 0 fully saturated rings. The number of aromatic amines is 1. The van der Waals surface area contributed by atoms with E-state index < -0.39 is 0 Å². The van der Waals surface area contributed by atoms with Crippen molar-refractivity contribution in [3.63, 3.8) is 0 Å². The highest BCUT2D eigenvalue weighted by Gasteiger charge is 2.16. The van der Waals surface area contributed by atoms with Crippen LogP contribution >= 0.6 is 0 Å². The molecule has 0 radical (unpaired) electrons. The van der Waals surface area contributed by atoms with Crippen LogP contribution in [0.15, 0.2) is 67.0 Å². The van der Waals surface area contributed by atoms with Gasteiger partial charge in [-0.25, -0.2) is 9.97 Å². The Hall–Kier alpha value is -3.34. The number of nitrogens with two attached hydrogens (primary N) is 1. The predicted molar refractivity (Wildman–Crippen MR) is 112 cm³/mol. The number of benzene rings is 1. The highest BCUT2D eigenvalue weighted by Crippen LogP contribution is 2.35. The van der Waals surface area contributed by atoms with Crippen LogP contribution in [0.25, 0.3) is 22.2 Å². The van der Waals surface area contributed by atoms with Crippen molar-refractivity contribution >= 4 is 16.9 Å². The van der Waals surface area contributed by atoms with Gasteiger partial charge in [-0.1, -0.05) is 49.9 Å². The molecule has 0 bridgehead atoms. The molecule has 0 aliphatic heterocycles. The first kappa shape index (κ1) is 18.5. The second kappa shape index (κ2) is 8.36. The maximum Gasteiger partial charge on any atom is 0.143 e. The number of nitrogens with one attached hydrogen (secondary N) is 1. The van der Waals surface area contributed by atoms with Gasteiger partial charge in [-0.3, -0.25) is 0 Å². The number of anilines is 1. The number of ether oxygens (including phenoxy) is 1. The number of rotatable bonds is 7. The number of hydrogen-bond acceptors (Lipinski definition) is 4. The highest BCUT2D eigenvalue weighted by atomic mass is 16.5. The molecule has 138 valence electrons. The summed E-state index contributed by atoms with van der Waals surface area (Å²) in [6.07, 6.45) is 9.98. The third-order valence-electron chi connectivity index (χ3n) is 4.40. The average Bonchev–Trinajstić information content (AvgIpc) is 3.08. The number of nitrogen functional groups attached to an aromatic ring is 1. The van der Waals surface area contributed by atoms with E-state index in [1.54, 1.807) is 6.08 Å². The average molecular weight is 360 g/mol. The van der Waals surface area contributed by atoms with Gasteiger partial charge in [0.25, 0.3) is 0 Å². The van der Waals surface area contributed by atoms with Crippen LogP contribution in [-0.4, -0.2) is 21.6 Å². The van der Waals surface area contributed by atoms with Gasteiger partial charge in [0, 0.05) is 11.3 Å². The van der Waals surface area contributed by atoms with Crippen molar-refractivity contribution in [2.75, 3.05) is 12.3 Å². The van der Waals surface area contributed by atoms with Crippen molar-refractivity contribution in [2.45, 2.75) is 20.3 Å². The largest absolute Gasteiger partial charge is 0.489 e. The van der Waals surface area contributed by atoms with Crippen molar-refractivity contribution < 1.29 is 4.74 Å². The van der Waals surface area contributed by atoms with Gasteiger partial charge in [0.1, 0.15) is 30.1 Å². The van der Waals surface area contributed by atoms with Crippen molar-refractivity contribution in [1.82, 2.24) is 15.0 Å². The lowest BCUT2D eigenvalue weighted by atomic mass is 10.0. The smallest absolute Gasteiger partial charge is 0.143 e. The van der Waals surface area contributed by atoms with Crippen LogP contribution in [0.3, 0.4) is 0 Å². The quantitative estimate of drug-likeness (QED) is 0.591. The van der Waals surface area contributed by atoms with E-state index in [0.717, 1.165) is 45.6 Å². The molecule has 0 spiro atoms. The molecule has 1 aromatic carbocycles. The summed E-state index contributed by atoms with van der Waals surface area (Å²) >= 11 is 0. The van der Waals surface area contributed by atoms with Gasteiger partial charge in [-0.05, 0) is 36.6 Å². The summed E-state index contributed by atoms with van der Waals surface area (Å²) < 4.78 is 5.98.